The fraction of sp³-hybridized carbons (Fsp3) is 0.562. The van der Waals surface area contributed by atoms with Gasteiger partial charge in [-0.3, -0.25) is 4.90 Å². The largest absolute Gasteiger partial charge is 0.325 e. The summed E-state index contributed by atoms with van der Waals surface area (Å²) in [5.41, 5.74) is 3.53. The quantitative estimate of drug-likeness (QED) is 0.801. The highest BCUT2D eigenvalue weighted by atomic mass is 35.5. The monoisotopic (exact) mass is 323 g/mol. The van der Waals surface area contributed by atoms with Crippen LogP contribution in [0.2, 0.25) is 0 Å². The number of aromatic nitrogens is 2. The molecule has 0 radical (unpaired) electrons. The fourth-order valence-corrected chi connectivity index (χ4v) is 4.06. The normalized spacial score (nSPS) is 18.2. The van der Waals surface area contributed by atoms with Gasteiger partial charge in [-0.05, 0) is 25.5 Å². The van der Waals surface area contributed by atoms with E-state index >= 15 is 0 Å². The molecular weight excluding hydrogens is 302 g/mol. The molecule has 3 nitrogen and oxygen atoms in total. The molecule has 1 atom stereocenters. The van der Waals surface area contributed by atoms with Gasteiger partial charge in [0.15, 0.2) is 0 Å². The zero-order valence-electron chi connectivity index (χ0n) is 12.7. The smallest absolute Gasteiger partial charge is 0.127 e. The van der Waals surface area contributed by atoms with Crippen molar-refractivity contribution >= 4 is 34.4 Å². The van der Waals surface area contributed by atoms with Gasteiger partial charge in [0.2, 0.25) is 0 Å². The van der Waals surface area contributed by atoms with Gasteiger partial charge in [0, 0.05) is 37.7 Å². The van der Waals surface area contributed by atoms with Crippen LogP contribution in [0.1, 0.15) is 23.7 Å². The molecule has 0 saturated carbocycles. The molecule has 21 heavy (non-hydrogen) atoms. The minimum Gasteiger partial charge on any atom is -0.325 e. The second-order valence-electron chi connectivity index (χ2n) is 5.63. The molecule has 114 valence electrons. The molecule has 2 heterocycles. The molecule has 1 aromatic carbocycles. The summed E-state index contributed by atoms with van der Waals surface area (Å²) in [7, 11) is 0. The number of alkyl halides is 1. The van der Waals surface area contributed by atoms with E-state index in [1.54, 1.807) is 0 Å². The number of aryl methyl sites for hydroxylation is 1. The van der Waals surface area contributed by atoms with Gasteiger partial charge >= 0.3 is 0 Å². The fourth-order valence-electron chi connectivity index (χ4n) is 2.91. The third-order valence-corrected chi connectivity index (χ3v) is 5.25. The summed E-state index contributed by atoms with van der Waals surface area (Å²) in [5, 5.41) is -0.0614. The van der Waals surface area contributed by atoms with E-state index in [0.29, 0.717) is 0 Å². The maximum absolute atomic E-state index is 6.35. The van der Waals surface area contributed by atoms with E-state index in [1.165, 1.54) is 35.7 Å². The summed E-state index contributed by atoms with van der Waals surface area (Å²) in [6, 6.07) is 6.38. The molecule has 0 spiro atoms. The third-order valence-electron chi connectivity index (χ3n) is 4.11. The highest BCUT2D eigenvalue weighted by Gasteiger charge is 2.17. The van der Waals surface area contributed by atoms with Gasteiger partial charge in [0.05, 0.1) is 16.4 Å². The van der Waals surface area contributed by atoms with E-state index < -0.39 is 0 Å². The Kier molecular flexibility index (Phi) is 4.77. The van der Waals surface area contributed by atoms with Crippen molar-refractivity contribution in [2.45, 2.75) is 25.8 Å². The predicted molar refractivity (Wildman–Crippen MR) is 92.5 cm³/mol. The van der Waals surface area contributed by atoms with Crippen LogP contribution < -0.4 is 0 Å². The number of nitrogens with zero attached hydrogens (tertiary/aromatic N) is 3. The summed E-state index contributed by atoms with van der Waals surface area (Å²) in [6.45, 7) is 8.56. The molecule has 0 N–H and O–H groups in total. The summed E-state index contributed by atoms with van der Waals surface area (Å²) in [6.07, 6.45) is 0. The maximum Gasteiger partial charge on any atom is 0.127 e. The number of imidazole rings is 1. The molecule has 1 aromatic heterocycles. The number of fused-ring (bicyclic) bond motifs is 1. The maximum atomic E-state index is 6.35. The number of halogens is 1. The number of hydrogen-bond donors (Lipinski definition) is 0. The van der Waals surface area contributed by atoms with Crippen molar-refractivity contribution < 1.29 is 0 Å². The lowest BCUT2D eigenvalue weighted by Gasteiger charge is -2.26. The van der Waals surface area contributed by atoms with Crippen molar-refractivity contribution in [2.75, 3.05) is 31.1 Å². The lowest BCUT2D eigenvalue weighted by atomic mass is 10.2. The molecule has 1 saturated heterocycles. The highest BCUT2D eigenvalue weighted by Crippen LogP contribution is 2.26. The molecule has 1 fully saturated rings. The minimum atomic E-state index is -0.0614. The molecule has 1 aliphatic heterocycles. The van der Waals surface area contributed by atoms with Gasteiger partial charge in [0.1, 0.15) is 5.82 Å². The lowest BCUT2D eigenvalue weighted by molar-refractivity contribution is 0.289. The molecule has 0 bridgehead atoms. The van der Waals surface area contributed by atoms with Gasteiger partial charge in [-0.25, -0.2) is 4.98 Å². The van der Waals surface area contributed by atoms with Crippen LogP contribution in [-0.4, -0.2) is 45.6 Å². The lowest BCUT2D eigenvalue weighted by Crippen LogP contribution is -2.35. The Bertz CT molecular complexity index is 617. The number of thioether (sulfide) groups is 1. The molecule has 1 unspecified atom stereocenters. The van der Waals surface area contributed by atoms with E-state index in [0.717, 1.165) is 24.4 Å². The van der Waals surface area contributed by atoms with Gasteiger partial charge in [-0.2, -0.15) is 11.8 Å². The van der Waals surface area contributed by atoms with Crippen LogP contribution in [0.25, 0.3) is 11.0 Å². The second kappa shape index (κ2) is 6.59. The van der Waals surface area contributed by atoms with Gasteiger partial charge in [-0.1, -0.05) is 12.1 Å². The van der Waals surface area contributed by atoms with Crippen LogP contribution in [0.4, 0.5) is 0 Å². The Morgan fingerprint density at radius 3 is 2.76 bits per heavy atom. The van der Waals surface area contributed by atoms with Crippen molar-refractivity contribution in [3.8, 4) is 0 Å². The van der Waals surface area contributed by atoms with Crippen LogP contribution in [0, 0.1) is 6.92 Å². The summed E-state index contributed by atoms with van der Waals surface area (Å²) in [4.78, 5) is 7.33. The SMILES string of the molecule is Cc1cccc2c1nc(C(C)Cl)n2CCN1CCSCC1. The van der Waals surface area contributed by atoms with Crippen molar-refractivity contribution in [3.63, 3.8) is 0 Å². The van der Waals surface area contributed by atoms with Gasteiger partial charge < -0.3 is 4.57 Å². The van der Waals surface area contributed by atoms with E-state index in [9.17, 15) is 0 Å². The summed E-state index contributed by atoms with van der Waals surface area (Å²) < 4.78 is 2.31. The van der Waals surface area contributed by atoms with E-state index in [4.69, 9.17) is 16.6 Å². The van der Waals surface area contributed by atoms with Crippen LogP contribution in [0.3, 0.4) is 0 Å². The van der Waals surface area contributed by atoms with E-state index in [-0.39, 0.29) is 5.38 Å². The molecular formula is C16H22ClN3S. The zero-order valence-corrected chi connectivity index (χ0v) is 14.3. The Morgan fingerprint density at radius 1 is 1.29 bits per heavy atom. The van der Waals surface area contributed by atoms with Crippen molar-refractivity contribution in [1.29, 1.82) is 0 Å². The average molecular weight is 324 g/mol. The van der Waals surface area contributed by atoms with E-state index in [1.807, 2.05) is 6.92 Å². The number of rotatable bonds is 4. The second-order valence-corrected chi connectivity index (χ2v) is 7.51. The number of benzene rings is 1. The van der Waals surface area contributed by atoms with Crippen molar-refractivity contribution in [2.24, 2.45) is 0 Å². The van der Waals surface area contributed by atoms with Gasteiger partial charge in [0.25, 0.3) is 0 Å². The first-order valence-electron chi connectivity index (χ1n) is 7.56. The Morgan fingerprint density at radius 2 is 2.05 bits per heavy atom. The topological polar surface area (TPSA) is 21.1 Å². The zero-order chi connectivity index (χ0) is 14.8. The first-order chi connectivity index (χ1) is 10.2. The molecule has 5 heteroatoms. The first kappa shape index (κ1) is 15.2. The summed E-state index contributed by atoms with van der Waals surface area (Å²) in [5.74, 6) is 3.50. The van der Waals surface area contributed by atoms with Crippen molar-refractivity contribution in [1.82, 2.24) is 14.5 Å². The van der Waals surface area contributed by atoms with Crippen molar-refractivity contribution in [3.05, 3.63) is 29.6 Å². The Labute approximate surface area is 135 Å². The average Bonchev–Trinajstić information content (AvgIpc) is 2.87. The Hall–Kier alpha value is -0.710. The molecule has 0 amide bonds. The standard InChI is InChI=1S/C16H22ClN3S/c1-12-4-3-5-14-15(12)18-16(13(2)17)20(14)7-6-19-8-10-21-11-9-19/h3-5,13H,6-11H2,1-2H3. The van der Waals surface area contributed by atoms with Crippen LogP contribution in [-0.2, 0) is 6.54 Å². The summed E-state index contributed by atoms with van der Waals surface area (Å²) >= 11 is 8.41. The molecule has 2 aromatic rings. The predicted octanol–water partition coefficient (Wildman–Crippen LogP) is 3.69. The number of para-hydroxylation sites is 1. The first-order valence-corrected chi connectivity index (χ1v) is 9.16. The van der Waals surface area contributed by atoms with Crippen LogP contribution in [0.5, 0.6) is 0 Å². The molecule has 3 rings (SSSR count). The Balaban J connectivity index is 1.88. The van der Waals surface area contributed by atoms with Crippen LogP contribution >= 0.6 is 23.4 Å². The minimum absolute atomic E-state index is 0.0614. The van der Waals surface area contributed by atoms with Gasteiger partial charge in [-0.15, -0.1) is 11.6 Å². The number of hydrogen-bond acceptors (Lipinski definition) is 3. The van der Waals surface area contributed by atoms with Crippen LogP contribution in [0.15, 0.2) is 18.2 Å². The molecule has 0 aliphatic carbocycles. The highest BCUT2D eigenvalue weighted by molar-refractivity contribution is 7.99. The third kappa shape index (κ3) is 3.22. The molecule has 1 aliphatic rings. The van der Waals surface area contributed by atoms with E-state index in [2.05, 4.69) is 46.4 Å².